The van der Waals surface area contributed by atoms with Gasteiger partial charge < -0.3 is 4.57 Å². The van der Waals surface area contributed by atoms with Crippen molar-refractivity contribution >= 4 is 20.7 Å². The fourth-order valence-electron chi connectivity index (χ4n) is 1.89. The molecule has 0 fully saturated rings. The van der Waals surface area contributed by atoms with Crippen LogP contribution in [0.4, 0.5) is 4.39 Å². The van der Waals surface area contributed by atoms with Gasteiger partial charge in [0, 0.05) is 18.1 Å². The molecular formula is C13H16FNO2S. The monoisotopic (exact) mass is 269 g/mol. The van der Waals surface area contributed by atoms with Crippen molar-refractivity contribution < 1.29 is 12.8 Å². The number of benzene rings is 1. The van der Waals surface area contributed by atoms with Gasteiger partial charge in [0.25, 0.3) is 0 Å². The third kappa shape index (κ3) is 2.14. The zero-order chi connectivity index (χ0) is 13.5. The lowest BCUT2D eigenvalue weighted by Gasteiger charge is -2.08. The van der Waals surface area contributed by atoms with Gasteiger partial charge in [-0.15, -0.1) is 0 Å². The molecule has 98 valence electrons. The number of rotatable bonds is 3. The maximum atomic E-state index is 13.6. The molecule has 18 heavy (non-hydrogen) atoms. The Kier molecular flexibility index (Phi) is 3.19. The third-order valence-electron chi connectivity index (χ3n) is 3.20. The summed E-state index contributed by atoms with van der Waals surface area (Å²) in [6.45, 7) is 3.30. The van der Waals surface area contributed by atoms with E-state index in [2.05, 4.69) is 0 Å². The molecule has 0 amide bonds. The molecule has 2 rings (SSSR count). The van der Waals surface area contributed by atoms with Crippen LogP contribution in [0, 0.1) is 5.82 Å². The Morgan fingerprint density at radius 3 is 2.56 bits per heavy atom. The van der Waals surface area contributed by atoms with Crippen LogP contribution in [-0.4, -0.2) is 18.2 Å². The van der Waals surface area contributed by atoms with Gasteiger partial charge in [-0.25, -0.2) is 12.8 Å². The number of sulfone groups is 1. The van der Waals surface area contributed by atoms with E-state index in [1.165, 1.54) is 6.07 Å². The first kappa shape index (κ1) is 13.1. The fraction of sp³-hybridized carbons (Fsp3) is 0.385. The van der Waals surface area contributed by atoms with Crippen LogP contribution in [0.15, 0.2) is 24.3 Å². The van der Waals surface area contributed by atoms with Gasteiger partial charge in [0.05, 0.1) is 16.5 Å². The molecule has 3 nitrogen and oxygen atoms in total. The summed E-state index contributed by atoms with van der Waals surface area (Å²) in [5.74, 6) is -0.383. The van der Waals surface area contributed by atoms with Crippen molar-refractivity contribution in [2.45, 2.75) is 24.9 Å². The van der Waals surface area contributed by atoms with Crippen LogP contribution in [-0.2, 0) is 22.6 Å². The number of aryl methyl sites for hydroxylation is 1. The van der Waals surface area contributed by atoms with Gasteiger partial charge in [0.2, 0.25) is 0 Å². The van der Waals surface area contributed by atoms with Crippen molar-refractivity contribution in [3.8, 4) is 0 Å². The van der Waals surface area contributed by atoms with E-state index in [1.807, 2.05) is 0 Å². The van der Waals surface area contributed by atoms with Crippen molar-refractivity contribution in [3.63, 3.8) is 0 Å². The lowest BCUT2D eigenvalue weighted by molar-refractivity contribution is 0.585. The number of halogens is 1. The molecule has 0 radical (unpaired) electrons. The molecule has 5 heteroatoms. The minimum atomic E-state index is -3.18. The van der Waals surface area contributed by atoms with E-state index < -0.39 is 15.1 Å². The highest BCUT2D eigenvalue weighted by Gasteiger charge is 2.20. The standard InChI is InChI=1S/C13H16FNO2S/c1-9(2)18(16,17)8-10-7-11-12(14)5-4-6-13(11)15(10)3/h4-7,9H,8H2,1-3H3. The smallest absolute Gasteiger partial charge is 0.158 e. The van der Waals surface area contributed by atoms with Gasteiger partial charge in [0.1, 0.15) is 5.82 Å². The Balaban J connectivity index is 2.54. The summed E-state index contributed by atoms with van der Waals surface area (Å²) in [6, 6.07) is 6.40. The molecule has 0 saturated carbocycles. The van der Waals surface area contributed by atoms with Gasteiger partial charge in [-0.1, -0.05) is 6.07 Å². The summed E-state index contributed by atoms with van der Waals surface area (Å²) in [4.78, 5) is 0. The highest BCUT2D eigenvalue weighted by atomic mass is 32.2. The molecule has 1 aromatic carbocycles. The Labute approximate surface area is 106 Å². The Morgan fingerprint density at radius 1 is 1.33 bits per heavy atom. The highest BCUT2D eigenvalue weighted by molar-refractivity contribution is 7.91. The topological polar surface area (TPSA) is 39.1 Å². The molecule has 0 aliphatic heterocycles. The second kappa shape index (κ2) is 4.39. The van der Waals surface area contributed by atoms with Crippen molar-refractivity contribution in [3.05, 3.63) is 35.8 Å². The summed E-state index contributed by atoms with van der Waals surface area (Å²) in [5.41, 5.74) is 1.33. The van der Waals surface area contributed by atoms with Gasteiger partial charge in [0.15, 0.2) is 9.84 Å². The molecule has 0 aliphatic rings. The molecular weight excluding hydrogens is 253 g/mol. The number of aromatic nitrogens is 1. The van der Waals surface area contributed by atoms with Crippen LogP contribution in [0.1, 0.15) is 19.5 Å². The van der Waals surface area contributed by atoms with E-state index in [1.54, 1.807) is 43.7 Å². The molecule has 0 aliphatic carbocycles. The zero-order valence-electron chi connectivity index (χ0n) is 10.6. The summed E-state index contributed by atoms with van der Waals surface area (Å²) >= 11 is 0. The number of nitrogens with zero attached hydrogens (tertiary/aromatic N) is 1. The molecule has 0 saturated heterocycles. The summed E-state index contributed by atoms with van der Waals surface area (Å²) < 4.78 is 39.2. The van der Waals surface area contributed by atoms with Crippen LogP contribution < -0.4 is 0 Å². The summed E-state index contributed by atoms with van der Waals surface area (Å²) in [6.07, 6.45) is 0. The van der Waals surface area contributed by atoms with E-state index in [0.717, 1.165) is 0 Å². The second-order valence-corrected chi connectivity index (χ2v) is 7.28. The number of hydrogen-bond donors (Lipinski definition) is 0. The summed E-state index contributed by atoms with van der Waals surface area (Å²) in [5, 5.41) is 0.0364. The molecule has 1 heterocycles. The first-order chi connectivity index (χ1) is 8.33. The predicted molar refractivity (Wildman–Crippen MR) is 70.6 cm³/mol. The minimum absolute atomic E-state index is 0.0602. The van der Waals surface area contributed by atoms with Gasteiger partial charge in [-0.05, 0) is 32.0 Å². The normalized spacial score (nSPS) is 12.5. The van der Waals surface area contributed by atoms with Crippen LogP contribution >= 0.6 is 0 Å². The molecule has 0 bridgehead atoms. The molecule has 1 aromatic heterocycles. The first-order valence-electron chi connectivity index (χ1n) is 5.77. The SMILES string of the molecule is CC(C)S(=O)(=O)Cc1cc2c(F)cccc2n1C. The molecule has 0 atom stereocenters. The second-order valence-electron chi connectivity index (χ2n) is 4.72. The van der Waals surface area contributed by atoms with Crippen molar-refractivity contribution in [1.82, 2.24) is 4.57 Å². The van der Waals surface area contributed by atoms with Gasteiger partial charge in [-0.3, -0.25) is 0 Å². The largest absolute Gasteiger partial charge is 0.347 e. The third-order valence-corrected chi connectivity index (χ3v) is 5.33. The Hall–Kier alpha value is -1.36. The van der Waals surface area contributed by atoms with Crippen LogP contribution in [0.25, 0.3) is 10.9 Å². The van der Waals surface area contributed by atoms with Crippen LogP contribution in [0.2, 0.25) is 0 Å². The van der Waals surface area contributed by atoms with E-state index in [0.29, 0.717) is 16.6 Å². The number of fused-ring (bicyclic) bond motifs is 1. The van der Waals surface area contributed by atoms with E-state index in [4.69, 9.17) is 0 Å². The molecule has 2 aromatic rings. The molecule has 0 N–H and O–H groups in total. The number of hydrogen-bond acceptors (Lipinski definition) is 2. The average Bonchev–Trinajstić information content (AvgIpc) is 2.58. The van der Waals surface area contributed by atoms with E-state index in [9.17, 15) is 12.8 Å². The van der Waals surface area contributed by atoms with E-state index >= 15 is 0 Å². The Morgan fingerprint density at radius 2 is 2.00 bits per heavy atom. The van der Waals surface area contributed by atoms with Crippen LogP contribution in [0.5, 0.6) is 0 Å². The average molecular weight is 269 g/mol. The summed E-state index contributed by atoms with van der Waals surface area (Å²) in [7, 11) is -1.42. The van der Waals surface area contributed by atoms with Crippen molar-refractivity contribution in [2.24, 2.45) is 7.05 Å². The lowest BCUT2D eigenvalue weighted by atomic mass is 10.2. The van der Waals surface area contributed by atoms with Crippen LogP contribution in [0.3, 0.4) is 0 Å². The highest BCUT2D eigenvalue weighted by Crippen LogP contribution is 2.23. The first-order valence-corrected chi connectivity index (χ1v) is 7.49. The maximum absolute atomic E-state index is 13.6. The quantitative estimate of drug-likeness (QED) is 0.859. The fourth-order valence-corrected chi connectivity index (χ4v) is 2.91. The lowest BCUT2D eigenvalue weighted by Crippen LogP contribution is -2.17. The van der Waals surface area contributed by atoms with Crippen molar-refractivity contribution in [1.29, 1.82) is 0 Å². The van der Waals surface area contributed by atoms with Gasteiger partial charge in [-0.2, -0.15) is 0 Å². The minimum Gasteiger partial charge on any atom is -0.347 e. The van der Waals surface area contributed by atoms with Gasteiger partial charge >= 0.3 is 0 Å². The van der Waals surface area contributed by atoms with E-state index in [-0.39, 0.29) is 11.6 Å². The maximum Gasteiger partial charge on any atom is 0.158 e. The Bertz CT molecular complexity index is 686. The molecule has 0 unspecified atom stereocenters. The van der Waals surface area contributed by atoms with Crippen molar-refractivity contribution in [2.75, 3.05) is 0 Å². The zero-order valence-corrected chi connectivity index (χ0v) is 11.5. The molecule has 0 spiro atoms. The predicted octanol–water partition coefficient (Wildman–Crippen LogP) is 2.64.